The number of hydrogen-bond acceptors (Lipinski definition) is 2. The fourth-order valence-electron chi connectivity index (χ4n) is 3.43. The van der Waals surface area contributed by atoms with Crippen LogP contribution in [-0.2, 0) is 4.79 Å². The zero-order chi connectivity index (χ0) is 16.7. The van der Waals surface area contributed by atoms with E-state index < -0.39 is 0 Å². The first kappa shape index (κ1) is 17.7. The van der Waals surface area contributed by atoms with Crippen molar-refractivity contribution in [1.29, 1.82) is 0 Å². The molecule has 0 radical (unpaired) electrons. The molecule has 23 heavy (non-hydrogen) atoms. The predicted molar refractivity (Wildman–Crippen MR) is 97.2 cm³/mol. The highest BCUT2D eigenvalue weighted by Crippen LogP contribution is 2.18. The second kappa shape index (κ2) is 8.88. The number of carbonyl (C=O) groups is 1. The molecule has 0 N–H and O–H groups in total. The first-order valence-corrected chi connectivity index (χ1v) is 8.87. The van der Waals surface area contributed by atoms with Gasteiger partial charge in [-0.1, -0.05) is 55.8 Å². The largest absolute Gasteiger partial charge is 0.335 e. The van der Waals surface area contributed by atoms with Crippen molar-refractivity contribution in [2.45, 2.75) is 52.1 Å². The Balaban J connectivity index is 1.86. The fourth-order valence-corrected chi connectivity index (χ4v) is 3.43. The molecule has 0 aliphatic carbocycles. The van der Waals surface area contributed by atoms with Gasteiger partial charge in [0.25, 0.3) is 0 Å². The van der Waals surface area contributed by atoms with Gasteiger partial charge in [-0.25, -0.2) is 0 Å². The number of carbonyl (C=O) groups excluding carboxylic acids is 1. The maximum absolute atomic E-state index is 12.4. The summed E-state index contributed by atoms with van der Waals surface area (Å²) >= 11 is 0. The van der Waals surface area contributed by atoms with Gasteiger partial charge in [-0.05, 0) is 25.8 Å². The molecule has 2 atom stereocenters. The number of amides is 1. The van der Waals surface area contributed by atoms with Gasteiger partial charge in [-0.3, -0.25) is 9.69 Å². The van der Waals surface area contributed by atoms with Gasteiger partial charge in [-0.2, -0.15) is 0 Å². The minimum atomic E-state index is 0.299. The quantitative estimate of drug-likeness (QED) is 0.797. The summed E-state index contributed by atoms with van der Waals surface area (Å²) in [6.07, 6.45) is 7.17. The van der Waals surface area contributed by atoms with Crippen molar-refractivity contribution in [1.82, 2.24) is 9.80 Å². The zero-order valence-corrected chi connectivity index (χ0v) is 14.7. The van der Waals surface area contributed by atoms with Crippen molar-refractivity contribution in [3.63, 3.8) is 0 Å². The van der Waals surface area contributed by atoms with Crippen molar-refractivity contribution in [2.24, 2.45) is 0 Å². The van der Waals surface area contributed by atoms with Crippen LogP contribution < -0.4 is 0 Å². The molecule has 2 rings (SSSR count). The van der Waals surface area contributed by atoms with E-state index in [1.165, 1.54) is 5.56 Å². The van der Waals surface area contributed by atoms with Gasteiger partial charge in [0.05, 0.1) is 0 Å². The van der Waals surface area contributed by atoms with Crippen molar-refractivity contribution in [3.05, 3.63) is 42.0 Å². The molecule has 0 bridgehead atoms. The van der Waals surface area contributed by atoms with Gasteiger partial charge < -0.3 is 4.90 Å². The van der Waals surface area contributed by atoms with E-state index in [1.807, 2.05) is 6.07 Å². The molecule has 126 valence electrons. The molecule has 1 amide bonds. The van der Waals surface area contributed by atoms with Crippen LogP contribution >= 0.6 is 0 Å². The van der Waals surface area contributed by atoms with Gasteiger partial charge in [0, 0.05) is 38.1 Å². The first-order valence-electron chi connectivity index (χ1n) is 8.87. The van der Waals surface area contributed by atoms with Crippen molar-refractivity contribution in [2.75, 3.05) is 19.6 Å². The third kappa shape index (κ3) is 5.21. The Morgan fingerprint density at radius 2 is 1.83 bits per heavy atom. The standard InChI is InChI=1S/C20H30N2O/c1-4-5-13-20(23)22-17(2)15-21(16-18(22)3)14-9-12-19-10-7-6-8-11-19/h6-12,17-18H,4-5,13-16H2,1-3H3/b12-9+. The molecule has 1 fully saturated rings. The molecule has 2 unspecified atom stereocenters. The molecule has 1 aliphatic rings. The maximum Gasteiger partial charge on any atom is 0.223 e. The van der Waals surface area contributed by atoms with Crippen LogP contribution in [0.2, 0.25) is 0 Å². The Labute approximate surface area is 141 Å². The molecule has 1 aromatic rings. The van der Waals surface area contributed by atoms with Gasteiger partial charge in [0.2, 0.25) is 5.91 Å². The number of hydrogen-bond donors (Lipinski definition) is 0. The van der Waals surface area contributed by atoms with E-state index in [0.29, 0.717) is 24.4 Å². The van der Waals surface area contributed by atoms with E-state index in [-0.39, 0.29) is 0 Å². The minimum absolute atomic E-state index is 0.299. The summed E-state index contributed by atoms with van der Waals surface area (Å²) in [6.45, 7) is 9.35. The lowest BCUT2D eigenvalue weighted by Gasteiger charge is -2.44. The van der Waals surface area contributed by atoms with E-state index >= 15 is 0 Å². The summed E-state index contributed by atoms with van der Waals surface area (Å²) in [6, 6.07) is 11.0. The second-order valence-corrected chi connectivity index (χ2v) is 6.63. The summed E-state index contributed by atoms with van der Waals surface area (Å²) in [5.41, 5.74) is 1.24. The maximum atomic E-state index is 12.4. The lowest BCUT2D eigenvalue weighted by Crippen LogP contribution is -2.58. The molecular weight excluding hydrogens is 284 g/mol. The smallest absolute Gasteiger partial charge is 0.223 e. The Kier molecular flexibility index (Phi) is 6.85. The summed E-state index contributed by atoms with van der Waals surface area (Å²) < 4.78 is 0. The topological polar surface area (TPSA) is 23.6 Å². The van der Waals surface area contributed by atoms with E-state index in [2.05, 4.69) is 67.0 Å². The van der Waals surface area contributed by atoms with Gasteiger partial charge in [0.15, 0.2) is 0 Å². The Hall–Kier alpha value is -1.61. The predicted octanol–water partition coefficient (Wildman–Crippen LogP) is 3.81. The molecule has 0 spiro atoms. The average Bonchev–Trinajstić information content (AvgIpc) is 2.53. The van der Waals surface area contributed by atoms with Crippen LogP contribution in [0.5, 0.6) is 0 Å². The Morgan fingerprint density at radius 1 is 1.17 bits per heavy atom. The molecule has 3 nitrogen and oxygen atoms in total. The SMILES string of the molecule is CCCCC(=O)N1C(C)CN(C/C=C/c2ccccc2)CC1C. The molecule has 0 saturated carbocycles. The first-order chi connectivity index (χ1) is 11.1. The van der Waals surface area contributed by atoms with E-state index in [0.717, 1.165) is 32.5 Å². The van der Waals surface area contributed by atoms with E-state index in [9.17, 15) is 4.79 Å². The van der Waals surface area contributed by atoms with Gasteiger partial charge >= 0.3 is 0 Å². The number of piperazine rings is 1. The van der Waals surface area contributed by atoms with Crippen LogP contribution in [0.15, 0.2) is 36.4 Å². The number of nitrogens with zero attached hydrogens (tertiary/aromatic N) is 2. The van der Waals surface area contributed by atoms with Crippen LogP contribution in [0.25, 0.3) is 6.08 Å². The number of rotatable bonds is 6. The third-order valence-electron chi connectivity index (χ3n) is 4.50. The van der Waals surface area contributed by atoms with Crippen molar-refractivity contribution < 1.29 is 4.79 Å². The lowest BCUT2D eigenvalue weighted by atomic mass is 10.1. The van der Waals surface area contributed by atoms with Crippen molar-refractivity contribution in [3.8, 4) is 0 Å². The molecule has 1 aliphatic heterocycles. The summed E-state index contributed by atoms with van der Waals surface area (Å²) in [7, 11) is 0. The van der Waals surface area contributed by atoms with E-state index in [4.69, 9.17) is 0 Å². The molecule has 1 heterocycles. The molecule has 1 saturated heterocycles. The lowest BCUT2D eigenvalue weighted by molar-refractivity contribution is -0.139. The molecule has 0 aromatic heterocycles. The number of unbranched alkanes of at least 4 members (excludes halogenated alkanes) is 1. The minimum Gasteiger partial charge on any atom is -0.335 e. The fraction of sp³-hybridized carbons (Fsp3) is 0.550. The van der Waals surface area contributed by atoms with Crippen LogP contribution in [0.3, 0.4) is 0 Å². The van der Waals surface area contributed by atoms with E-state index in [1.54, 1.807) is 0 Å². The average molecular weight is 314 g/mol. The highest BCUT2D eigenvalue weighted by molar-refractivity contribution is 5.77. The third-order valence-corrected chi connectivity index (χ3v) is 4.50. The summed E-state index contributed by atoms with van der Waals surface area (Å²) in [4.78, 5) is 16.9. The number of benzene rings is 1. The van der Waals surface area contributed by atoms with Crippen LogP contribution in [0, 0.1) is 0 Å². The van der Waals surface area contributed by atoms with Crippen molar-refractivity contribution >= 4 is 12.0 Å². The monoisotopic (exact) mass is 314 g/mol. The van der Waals surface area contributed by atoms with Crippen LogP contribution in [-0.4, -0.2) is 47.4 Å². The Morgan fingerprint density at radius 3 is 2.43 bits per heavy atom. The van der Waals surface area contributed by atoms with Crippen LogP contribution in [0.1, 0.15) is 45.6 Å². The highest BCUT2D eigenvalue weighted by atomic mass is 16.2. The summed E-state index contributed by atoms with van der Waals surface area (Å²) in [5.74, 6) is 0.325. The summed E-state index contributed by atoms with van der Waals surface area (Å²) in [5, 5.41) is 0. The Bertz CT molecular complexity index is 500. The highest BCUT2D eigenvalue weighted by Gasteiger charge is 2.31. The molecular formula is C20H30N2O. The normalized spacial score (nSPS) is 22.7. The molecule has 1 aromatic carbocycles. The van der Waals surface area contributed by atoms with Crippen LogP contribution in [0.4, 0.5) is 0 Å². The molecule has 3 heteroatoms. The van der Waals surface area contributed by atoms with Gasteiger partial charge in [-0.15, -0.1) is 0 Å². The van der Waals surface area contributed by atoms with Gasteiger partial charge in [0.1, 0.15) is 0 Å². The zero-order valence-electron chi connectivity index (χ0n) is 14.7. The second-order valence-electron chi connectivity index (χ2n) is 6.63.